The Morgan fingerprint density at radius 3 is 2.68 bits per heavy atom. The lowest BCUT2D eigenvalue weighted by Gasteiger charge is -2.48. The zero-order valence-electron chi connectivity index (χ0n) is 17.0. The number of benzene rings is 2. The van der Waals surface area contributed by atoms with Crippen molar-refractivity contribution in [1.29, 1.82) is 5.26 Å². The highest BCUT2D eigenvalue weighted by Gasteiger charge is 2.61. The standard InChI is InChI=1S/C23H21N3O5/c1-30-13-12-25-21(28)18-8-4-5-9-19(18)26-20(27)10-11-23(25,26)22(29)31-15-17-7-3-2-6-16(17)14-24/h2-9H,10-13,15H2,1H3/t23-/m1/s1. The van der Waals surface area contributed by atoms with Gasteiger partial charge in [0.1, 0.15) is 6.61 Å². The molecule has 8 heteroatoms. The van der Waals surface area contributed by atoms with Crippen molar-refractivity contribution in [3.05, 3.63) is 65.2 Å². The topological polar surface area (TPSA) is 99.9 Å². The Bertz CT molecular complexity index is 1090. The van der Waals surface area contributed by atoms with Gasteiger partial charge in [0.05, 0.1) is 29.5 Å². The fourth-order valence-corrected chi connectivity index (χ4v) is 4.25. The van der Waals surface area contributed by atoms with E-state index in [1.165, 1.54) is 16.9 Å². The summed E-state index contributed by atoms with van der Waals surface area (Å²) in [4.78, 5) is 42.5. The molecule has 0 spiro atoms. The van der Waals surface area contributed by atoms with Crippen molar-refractivity contribution in [3.8, 4) is 6.07 Å². The van der Waals surface area contributed by atoms with E-state index >= 15 is 0 Å². The van der Waals surface area contributed by atoms with Gasteiger partial charge in [-0.1, -0.05) is 30.3 Å². The molecule has 8 nitrogen and oxygen atoms in total. The highest BCUT2D eigenvalue weighted by atomic mass is 16.5. The average molecular weight is 419 g/mol. The van der Waals surface area contributed by atoms with Crippen LogP contribution in [-0.2, 0) is 25.7 Å². The third kappa shape index (κ3) is 3.23. The first-order chi connectivity index (χ1) is 15.0. The number of fused-ring (bicyclic) bond motifs is 3. The number of methoxy groups -OCH3 is 1. The van der Waals surface area contributed by atoms with Gasteiger partial charge in [-0.15, -0.1) is 0 Å². The zero-order valence-corrected chi connectivity index (χ0v) is 17.0. The predicted molar refractivity (Wildman–Crippen MR) is 110 cm³/mol. The third-order valence-electron chi connectivity index (χ3n) is 5.72. The van der Waals surface area contributed by atoms with Crippen molar-refractivity contribution in [1.82, 2.24) is 4.90 Å². The normalized spacial score (nSPS) is 19.6. The lowest BCUT2D eigenvalue weighted by Crippen LogP contribution is -2.68. The molecule has 31 heavy (non-hydrogen) atoms. The molecule has 0 aliphatic carbocycles. The van der Waals surface area contributed by atoms with Crippen LogP contribution in [0.5, 0.6) is 0 Å². The number of hydrogen-bond donors (Lipinski definition) is 0. The molecule has 1 saturated heterocycles. The van der Waals surface area contributed by atoms with Crippen molar-refractivity contribution in [3.63, 3.8) is 0 Å². The molecule has 0 radical (unpaired) electrons. The van der Waals surface area contributed by atoms with E-state index < -0.39 is 11.6 Å². The van der Waals surface area contributed by atoms with Gasteiger partial charge in [-0.2, -0.15) is 5.26 Å². The van der Waals surface area contributed by atoms with Crippen molar-refractivity contribution in [2.45, 2.75) is 25.1 Å². The summed E-state index contributed by atoms with van der Waals surface area (Å²) in [6.07, 6.45) is 0.226. The van der Waals surface area contributed by atoms with E-state index in [-0.39, 0.29) is 44.4 Å². The highest BCUT2D eigenvalue weighted by molar-refractivity contribution is 6.15. The number of nitriles is 1. The number of nitrogens with zero attached hydrogens (tertiary/aromatic N) is 3. The van der Waals surface area contributed by atoms with Gasteiger partial charge < -0.3 is 14.4 Å². The van der Waals surface area contributed by atoms with Crippen LogP contribution in [0.1, 0.15) is 34.3 Å². The molecule has 0 unspecified atom stereocenters. The number of carbonyl (C=O) groups excluding carboxylic acids is 3. The summed E-state index contributed by atoms with van der Waals surface area (Å²) in [5, 5.41) is 9.29. The van der Waals surface area contributed by atoms with Crippen LogP contribution in [0.2, 0.25) is 0 Å². The summed E-state index contributed by atoms with van der Waals surface area (Å²) < 4.78 is 10.8. The summed E-state index contributed by atoms with van der Waals surface area (Å²) in [5.41, 5.74) is 0.123. The van der Waals surface area contributed by atoms with Crippen LogP contribution in [0.25, 0.3) is 0 Å². The molecule has 2 heterocycles. The van der Waals surface area contributed by atoms with Crippen LogP contribution < -0.4 is 4.90 Å². The SMILES string of the molecule is COCCN1C(=O)c2ccccc2N2C(=O)CC[C@@]12C(=O)OCc1ccccc1C#N. The van der Waals surface area contributed by atoms with E-state index in [0.29, 0.717) is 22.4 Å². The van der Waals surface area contributed by atoms with Crippen molar-refractivity contribution in [2.24, 2.45) is 0 Å². The van der Waals surface area contributed by atoms with Crippen LogP contribution in [0.3, 0.4) is 0 Å². The maximum atomic E-state index is 13.5. The van der Waals surface area contributed by atoms with Crippen molar-refractivity contribution < 1.29 is 23.9 Å². The summed E-state index contributed by atoms with van der Waals surface area (Å²) in [6.45, 7) is 0.180. The second kappa shape index (κ2) is 8.20. The zero-order chi connectivity index (χ0) is 22.0. The van der Waals surface area contributed by atoms with Gasteiger partial charge >= 0.3 is 5.97 Å². The Hall–Kier alpha value is -3.70. The minimum Gasteiger partial charge on any atom is -0.458 e. The number of para-hydroxylation sites is 1. The maximum Gasteiger partial charge on any atom is 0.354 e. The van der Waals surface area contributed by atoms with Gasteiger partial charge in [0.2, 0.25) is 11.6 Å². The molecule has 2 aromatic rings. The molecule has 1 atom stereocenters. The Morgan fingerprint density at radius 1 is 1.16 bits per heavy atom. The number of anilines is 1. The van der Waals surface area contributed by atoms with Gasteiger partial charge in [-0.3, -0.25) is 14.5 Å². The average Bonchev–Trinajstić information content (AvgIpc) is 3.15. The Kier molecular flexibility index (Phi) is 5.44. The first-order valence-corrected chi connectivity index (χ1v) is 9.93. The first-order valence-electron chi connectivity index (χ1n) is 9.93. The van der Waals surface area contributed by atoms with Crippen molar-refractivity contribution >= 4 is 23.5 Å². The minimum atomic E-state index is -1.58. The van der Waals surface area contributed by atoms with E-state index in [4.69, 9.17) is 9.47 Å². The first kappa shape index (κ1) is 20.6. The number of amides is 2. The largest absolute Gasteiger partial charge is 0.458 e. The second-order valence-electron chi connectivity index (χ2n) is 7.36. The van der Waals surface area contributed by atoms with Crippen LogP contribution in [0, 0.1) is 11.3 Å². The smallest absolute Gasteiger partial charge is 0.354 e. The summed E-state index contributed by atoms with van der Waals surface area (Å²) in [7, 11) is 1.50. The van der Waals surface area contributed by atoms with E-state index in [1.807, 2.05) is 0 Å². The molecule has 0 saturated carbocycles. The molecule has 158 valence electrons. The molecule has 2 amide bonds. The number of carbonyl (C=O) groups is 3. The highest BCUT2D eigenvalue weighted by Crippen LogP contribution is 2.45. The fourth-order valence-electron chi connectivity index (χ4n) is 4.25. The molecular weight excluding hydrogens is 398 g/mol. The van der Waals surface area contributed by atoms with E-state index in [0.717, 1.165) is 0 Å². The summed E-state index contributed by atoms with van der Waals surface area (Å²) in [5.74, 6) is -1.31. The van der Waals surface area contributed by atoms with Crippen LogP contribution in [-0.4, -0.2) is 48.6 Å². The molecule has 0 N–H and O–H groups in total. The summed E-state index contributed by atoms with van der Waals surface area (Å²) in [6, 6.07) is 15.6. The monoisotopic (exact) mass is 419 g/mol. The molecule has 4 rings (SSSR count). The minimum absolute atomic E-state index is 0.106. The van der Waals surface area contributed by atoms with E-state index in [9.17, 15) is 19.6 Å². The molecule has 2 aliphatic heterocycles. The summed E-state index contributed by atoms with van der Waals surface area (Å²) >= 11 is 0. The second-order valence-corrected chi connectivity index (χ2v) is 7.36. The van der Waals surface area contributed by atoms with Gasteiger partial charge in [-0.25, -0.2) is 4.79 Å². The molecule has 2 aliphatic rings. The Morgan fingerprint density at radius 2 is 1.90 bits per heavy atom. The van der Waals surface area contributed by atoms with Gasteiger partial charge in [0.15, 0.2) is 0 Å². The number of esters is 1. The lowest BCUT2D eigenvalue weighted by atomic mass is 9.96. The number of rotatable bonds is 6. The third-order valence-corrected chi connectivity index (χ3v) is 5.72. The van der Waals surface area contributed by atoms with Crippen LogP contribution in [0.4, 0.5) is 5.69 Å². The Balaban J connectivity index is 1.74. The maximum absolute atomic E-state index is 13.5. The van der Waals surface area contributed by atoms with Gasteiger partial charge in [-0.05, 0) is 18.2 Å². The van der Waals surface area contributed by atoms with E-state index in [2.05, 4.69) is 6.07 Å². The number of ether oxygens (including phenoxy) is 2. The van der Waals surface area contributed by atoms with Gasteiger partial charge in [0.25, 0.3) is 5.91 Å². The molecular formula is C23H21N3O5. The molecule has 0 aromatic heterocycles. The molecule has 0 bridgehead atoms. The quantitative estimate of drug-likeness (QED) is 0.666. The van der Waals surface area contributed by atoms with Crippen LogP contribution >= 0.6 is 0 Å². The van der Waals surface area contributed by atoms with E-state index in [1.54, 1.807) is 48.5 Å². The predicted octanol–water partition coefficient (Wildman–Crippen LogP) is 2.23. The van der Waals surface area contributed by atoms with Gasteiger partial charge in [0, 0.05) is 32.1 Å². The fraction of sp³-hybridized carbons (Fsp3) is 0.304. The molecule has 1 fully saturated rings. The van der Waals surface area contributed by atoms with Crippen molar-refractivity contribution in [2.75, 3.05) is 25.2 Å². The lowest BCUT2D eigenvalue weighted by molar-refractivity contribution is -0.159. The van der Waals surface area contributed by atoms with Crippen LogP contribution in [0.15, 0.2) is 48.5 Å². The Labute approximate surface area is 179 Å². The molecule has 2 aromatic carbocycles. The number of hydrogen-bond acceptors (Lipinski definition) is 6.